The van der Waals surface area contributed by atoms with Crippen molar-refractivity contribution in [2.45, 2.75) is 51.0 Å². The SMILES string of the molecule is CCNC(=NCC1(CCOC)CCC1)NCC1CCN(S(=O)(=O)C(F)(F)F)CC1. The molecule has 2 rings (SSSR count). The number of nitrogens with one attached hydrogen (secondary N) is 2. The Hall–Kier alpha value is -1.07. The van der Waals surface area contributed by atoms with Gasteiger partial charge in [0.1, 0.15) is 0 Å². The van der Waals surface area contributed by atoms with Crippen LogP contribution in [-0.2, 0) is 14.8 Å². The summed E-state index contributed by atoms with van der Waals surface area (Å²) in [5.74, 6) is 0.797. The molecular weight excluding hydrogens is 409 g/mol. The lowest BCUT2D eigenvalue weighted by Gasteiger charge is -2.40. The minimum absolute atomic E-state index is 0.102. The van der Waals surface area contributed by atoms with Crippen LogP contribution in [-0.4, -0.2) is 70.6 Å². The molecule has 0 atom stereocenters. The van der Waals surface area contributed by atoms with Crippen molar-refractivity contribution in [1.29, 1.82) is 0 Å². The van der Waals surface area contributed by atoms with Gasteiger partial charge >= 0.3 is 15.5 Å². The smallest absolute Gasteiger partial charge is 0.385 e. The number of methoxy groups -OCH3 is 1. The Morgan fingerprint density at radius 1 is 1.24 bits per heavy atom. The van der Waals surface area contributed by atoms with E-state index in [2.05, 4.69) is 10.6 Å². The normalized spacial score (nSPS) is 21.6. The maximum atomic E-state index is 12.7. The molecule has 11 heteroatoms. The van der Waals surface area contributed by atoms with Crippen LogP contribution in [0, 0.1) is 11.3 Å². The third kappa shape index (κ3) is 6.45. The number of piperidine rings is 1. The van der Waals surface area contributed by atoms with Gasteiger partial charge < -0.3 is 15.4 Å². The summed E-state index contributed by atoms with van der Waals surface area (Å²) >= 11 is 0. The highest BCUT2D eigenvalue weighted by Crippen LogP contribution is 2.44. The summed E-state index contributed by atoms with van der Waals surface area (Å²) in [4.78, 5) is 4.72. The minimum atomic E-state index is -5.23. The zero-order valence-corrected chi connectivity index (χ0v) is 18.0. The lowest BCUT2D eigenvalue weighted by molar-refractivity contribution is -0.0496. The molecule has 1 saturated carbocycles. The fourth-order valence-electron chi connectivity index (χ4n) is 3.81. The summed E-state index contributed by atoms with van der Waals surface area (Å²) in [5.41, 5.74) is -5.03. The Morgan fingerprint density at radius 3 is 2.38 bits per heavy atom. The van der Waals surface area contributed by atoms with Crippen molar-refractivity contribution < 1.29 is 26.3 Å². The molecule has 0 aromatic heterocycles. The molecule has 29 heavy (non-hydrogen) atoms. The molecular formula is C18H33F3N4O3S. The van der Waals surface area contributed by atoms with Gasteiger partial charge in [-0.05, 0) is 50.4 Å². The highest BCUT2D eigenvalue weighted by Gasteiger charge is 2.50. The number of alkyl halides is 3. The van der Waals surface area contributed by atoms with Crippen LogP contribution in [0.4, 0.5) is 13.2 Å². The number of hydrogen-bond donors (Lipinski definition) is 2. The molecule has 0 amide bonds. The van der Waals surface area contributed by atoms with Crippen LogP contribution in [0.5, 0.6) is 0 Å². The summed E-state index contributed by atoms with van der Waals surface area (Å²) in [6, 6.07) is 0. The largest absolute Gasteiger partial charge is 0.511 e. The van der Waals surface area contributed by atoms with Crippen molar-refractivity contribution in [3.8, 4) is 0 Å². The molecule has 0 bridgehead atoms. The average Bonchev–Trinajstić information content (AvgIpc) is 2.64. The molecule has 170 valence electrons. The van der Waals surface area contributed by atoms with Crippen molar-refractivity contribution in [2.75, 3.05) is 46.4 Å². The van der Waals surface area contributed by atoms with Crippen molar-refractivity contribution in [3.05, 3.63) is 0 Å². The predicted octanol–water partition coefficient (Wildman–Crippen LogP) is 2.31. The maximum absolute atomic E-state index is 12.7. The maximum Gasteiger partial charge on any atom is 0.511 e. The first-order valence-electron chi connectivity index (χ1n) is 10.2. The molecule has 0 unspecified atom stereocenters. The van der Waals surface area contributed by atoms with Gasteiger partial charge in [-0.2, -0.15) is 17.5 Å². The van der Waals surface area contributed by atoms with Crippen LogP contribution >= 0.6 is 0 Å². The molecule has 0 radical (unpaired) electrons. The van der Waals surface area contributed by atoms with Crippen molar-refractivity contribution in [2.24, 2.45) is 16.3 Å². The van der Waals surface area contributed by atoms with Crippen LogP contribution in [0.1, 0.15) is 45.4 Å². The number of sulfonamides is 1. The molecule has 2 N–H and O–H groups in total. The lowest BCUT2D eigenvalue weighted by atomic mass is 9.67. The summed E-state index contributed by atoms with van der Waals surface area (Å²) in [6.07, 6.45) is 5.26. The molecule has 1 aliphatic heterocycles. The van der Waals surface area contributed by atoms with E-state index in [1.807, 2.05) is 6.92 Å². The van der Waals surface area contributed by atoms with Crippen molar-refractivity contribution >= 4 is 16.0 Å². The molecule has 7 nitrogen and oxygen atoms in total. The highest BCUT2D eigenvalue weighted by molar-refractivity contribution is 7.90. The summed E-state index contributed by atoms with van der Waals surface area (Å²) in [7, 11) is -3.52. The van der Waals surface area contributed by atoms with Gasteiger partial charge in [0.15, 0.2) is 5.96 Å². The zero-order chi connectivity index (χ0) is 21.5. The van der Waals surface area contributed by atoms with Gasteiger partial charge in [-0.15, -0.1) is 0 Å². The number of halogens is 3. The first-order chi connectivity index (χ1) is 13.6. The first kappa shape index (κ1) is 24.2. The average molecular weight is 443 g/mol. The van der Waals surface area contributed by atoms with E-state index in [0.29, 0.717) is 42.7 Å². The summed E-state index contributed by atoms with van der Waals surface area (Å²) < 4.78 is 66.8. The minimum Gasteiger partial charge on any atom is -0.385 e. The monoisotopic (exact) mass is 442 g/mol. The van der Waals surface area contributed by atoms with Crippen molar-refractivity contribution in [1.82, 2.24) is 14.9 Å². The van der Waals surface area contributed by atoms with E-state index in [1.54, 1.807) is 7.11 Å². The Kier molecular flexibility index (Phi) is 8.59. The lowest BCUT2D eigenvalue weighted by Crippen LogP contribution is -2.47. The number of hydrogen-bond acceptors (Lipinski definition) is 4. The topological polar surface area (TPSA) is 83.0 Å². The van der Waals surface area contributed by atoms with Gasteiger partial charge in [-0.1, -0.05) is 6.42 Å². The van der Waals surface area contributed by atoms with E-state index >= 15 is 0 Å². The molecule has 2 fully saturated rings. The first-order valence-corrected chi connectivity index (χ1v) is 11.6. The summed E-state index contributed by atoms with van der Waals surface area (Å²) in [6.45, 7) is 4.45. The van der Waals surface area contributed by atoms with E-state index in [9.17, 15) is 21.6 Å². The molecule has 0 aromatic rings. The quantitative estimate of drug-likeness (QED) is 0.423. The van der Waals surface area contributed by atoms with Crippen LogP contribution in [0.15, 0.2) is 4.99 Å². The third-order valence-corrected chi connectivity index (χ3v) is 7.56. The Labute approximate surface area is 171 Å². The predicted molar refractivity (Wildman–Crippen MR) is 106 cm³/mol. The molecule has 1 saturated heterocycles. The van der Waals surface area contributed by atoms with Gasteiger partial charge in [0.25, 0.3) is 0 Å². The van der Waals surface area contributed by atoms with E-state index in [1.165, 1.54) is 6.42 Å². The second kappa shape index (κ2) is 10.3. The zero-order valence-electron chi connectivity index (χ0n) is 17.2. The molecule has 0 aromatic carbocycles. The fraction of sp³-hybridized carbons (Fsp3) is 0.944. The van der Waals surface area contributed by atoms with E-state index < -0.39 is 15.5 Å². The Balaban J connectivity index is 1.84. The molecule has 2 aliphatic rings. The van der Waals surface area contributed by atoms with Gasteiger partial charge in [-0.3, -0.25) is 4.99 Å². The van der Waals surface area contributed by atoms with Gasteiger partial charge in [0, 0.05) is 46.4 Å². The van der Waals surface area contributed by atoms with Crippen LogP contribution < -0.4 is 10.6 Å². The number of aliphatic imine (C=N–C) groups is 1. The molecule has 1 aliphatic carbocycles. The van der Waals surface area contributed by atoms with Crippen LogP contribution in [0.3, 0.4) is 0 Å². The standard InChI is InChI=1S/C18H33F3N4O3S/c1-3-22-16(24-14-17(7-4-8-17)9-12-28-2)23-13-15-5-10-25(11-6-15)29(26,27)18(19,20)21/h15H,3-14H2,1-2H3,(H2,22,23,24). The van der Waals surface area contributed by atoms with Crippen LogP contribution in [0.2, 0.25) is 0 Å². The molecule has 0 spiro atoms. The molecule has 1 heterocycles. The number of guanidine groups is 1. The van der Waals surface area contributed by atoms with Crippen molar-refractivity contribution in [3.63, 3.8) is 0 Å². The summed E-state index contributed by atoms with van der Waals surface area (Å²) in [5, 5.41) is 6.47. The van der Waals surface area contributed by atoms with Crippen LogP contribution in [0.25, 0.3) is 0 Å². The van der Waals surface area contributed by atoms with Gasteiger partial charge in [-0.25, -0.2) is 8.42 Å². The third-order valence-electron chi connectivity index (χ3n) is 5.93. The van der Waals surface area contributed by atoms with E-state index in [4.69, 9.17) is 9.73 Å². The van der Waals surface area contributed by atoms with E-state index in [-0.39, 0.29) is 24.4 Å². The number of ether oxygens (including phenoxy) is 1. The van der Waals surface area contributed by atoms with E-state index in [0.717, 1.165) is 25.9 Å². The number of nitrogens with zero attached hydrogens (tertiary/aromatic N) is 2. The second-order valence-electron chi connectivity index (χ2n) is 7.97. The van der Waals surface area contributed by atoms with Gasteiger partial charge in [0.2, 0.25) is 0 Å². The van der Waals surface area contributed by atoms with Gasteiger partial charge in [0.05, 0.1) is 0 Å². The highest BCUT2D eigenvalue weighted by atomic mass is 32.2. The Bertz CT molecular complexity index is 643. The Morgan fingerprint density at radius 2 is 1.90 bits per heavy atom. The number of rotatable bonds is 9. The fourth-order valence-corrected chi connectivity index (χ4v) is 4.80. The second-order valence-corrected chi connectivity index (χ2v) is 9.90.